The lowest BCUT2D eigenvalue weighted by Gasteiger charge is -2.21. The van der Waals surface area contributed by atoms with Gasteiger partial charge in [-0.2, -0.15) is 4.39 Å². The zero-order valence-corrected chi connectivity index (χ0v) is 19.0. The molecular formula is C28H36F2O. The van der Waals surface area contributed by atoms with Gasteiger partial charge in [-0.1, -0.05) is 63.3 Å². The van der Waals surface area contributed by atoms with Crippen molar-refractivity contribution in [1.82, 2.24) is 0 Å². The predicted octanol–water partition coefficient (Wildman–Crippen LogP) is 8.52. The van der Waals surface area contributed by atoms with Gasteiger partial charge in [0.1, 0.15) is 0 Å². The van der Waals surface area contributed by atoms with Crippen molar-refractivity contribution in [3.8, 4) is 16.9 Å². The molecule has 0 aromatic heterocycles. The standard InChI is InChI=1S/C28H36F2O/c1-3-5-6-7-8-19-13-14-25-22(19)15-16-23(25)20-9-11-21(12-10-20)24-17-18-26(31-4-2)28(30)27(24)29/h9-12,17-19,22-23,25H,3-8,13-16H2,1-2H3. The predicted molar refractivity (Wildman–Crippen MR) is 123 cm³/mol. The van der Waals surface area contributed by atoms with Crippen LogP contribution in [0.4, 0.5) is 8.78 Å². The molecule has 0 amide bonds. The Morgan fingerprint density at radius 1 is 0.806 bits per heavy atom. The summed E-state index contributed by atoms with van der Waals surface area (Å²) in [5, 5.41) is 0. The zero-order valence-electron chi connectivity index (χ0n) is 19.0. The summed E-state index contributed by atoms with van der Waals surface area (Å²) >= 11 is 0. The topological polar surface area (TPSA) is 9.23 Å². The highest BCUT2D eigenvalue weighted by Gasteiger charge is 2.44. The second kappa shape index (κ2) is 10.1. The smallest absolute Gasteiger partial charge is 0.201 e. The largest absolute Gasteiger partial charge is 0.491 e. The van der Waals surface area contributed by atoms with Crippen molar-refractivity contribution in [3.05, 3.63) is 53.6 Å². The summed E-state index contributed by atoms with van der Waals surface area (Å²) in [5.41, 5.74) is 2.39. The Bertz CT molecular complexity index is 860. The van der Waals surface area contributed by atoms with Gasteiger partial charge < -0.3 is 4.74 Å². The van der Waals surface area contributed by atoms with Crippen molar-refractivity contribution in [2.75, 3.05) is 6.61 Å². The van der Waals surface area contributed by atoms with E-state index in [0.717, 1.165) is 23.3 Å². The molecule has 0 N–H and O–H groups in total. The number of unbranched alkanes of at least 4 members (excludes halogenated alkanes) is 3. The maximum atomic E-state index is 14.6. The van der Waals surface area contributed by atoms with E-state index in [1.807, 2.05) is 12.1 Å². The second-order valence-electron chi connectivity index (χ2n) is 9.49. The molecule has 0 spiro atoms. The van der Waals surface area contributed by atoms with E-state index in [0.29, 0.717) is 18.1 Å². The van der Waals surface area contributed by atoms with E-state index >= 15 is 0 Å². The SMILES string of the molecule is CCCCCCC1CCC2C(c3ccc(-c4ccc(OCC)c(F)c4F)cc3)CCC12. The molecule has 2 aliphatic carbocycles. The van der Waals surface area contributed by atoms with Crippen molar-refractivity contribution < 1.29 is 13.5 Å². The molecule has 0 bridgehead atoms. The number of hydrogen-bond acceptors (Lipinski definition) is 1. The summed E-state index contributed by atoms with van der Waals surface area (Å²) in [4.78, 5) is 0. The van der Waals surface area contributed by atoms with Crippen molar-refractivity contribution in [2.24, 2.45) is 17.8 Å². The van der Waals surface area contributed by atoms with Gasteiger partial charge in [-0.05, 0) is 79.5 Å². The van der Waals surface area contributed by atoms with E-state index in [-0.39, 0.29) is 5.75 Å². The maximum absolute atomic E-state index is 14.6. The molecule has 4 unspecified atom stereocenters. The van der Waals surface area contributed by atoms with Crippen molar-refractivity contribution in [1.29, 1.82) is 0 Å². The zero-order chi connectivity index (χ0) is 21.8. The normalized spacial score (nSPS) is 25.0. The Kier molecular flexibility index (Phi) is 7.30. The van der Waals surface area contributed by atoms with Crippen LogP contribution in [0.15, 0.2) is 36.4 Å². The molecule has 1 nitrogen and oxygen atoms in total. The van der Waals surface area contributed by atoms with Crippen molar-refractivity contribution in [3.63, 3.8) is 0 Å². The van der Waals surface area contributed by atoms with Crippen LogP contribution in [0, 0.1) is 29.4 Å². The fourth-order valence-corrected chi connectivity index (χ4v) is 6.26. The summed E-state index contributed by atoms with van der Waals surface area (Å²) in [6.07, 6.45) is 12.2. The molecule has 2 aromatic rings. The highest BCUT2D eigenvalue weighted by molar-refractivity contribution is 5.65. The van der Waals surface area contributed by atoms with Crippen LogP contribution in [-0.2, 0) is 0 Å². The summed E-state index contributed by atoms with van der Waals surface area (Å²) in [7, 11) is 0. The molecule has 168 valence electrons. The summed E-state index contributed by atoms with van der Waals surface area (Å²) in [5.74, 6) is 1.49. The van der Waals surface area contributed by atoms with Gasteiger partial charge >= 0.3 is 0 Å². The minimum absolute atomic E-state index is 0.0251. The molecule has 4 rings (SSSR count). The van der Waals surface area contributed by atoms with Gasteiger partial charge in [0.2, 0.25) is 5.82 Å². The van der Waals surface area contributed by atoms with Crippen LogP contribution in [0.3, 0.4) is 0 Å². The lowest BCUT2D eigenvalue weighted by Crippen LogP contribution is -2.12. The van der Waals surface area contributed by atoms with Gasteiger partial charge in [0.15, 0.2) is 11.6 Å². The highest BCUT2D eigenvalue weighted by Crippen LogP contribution is 2.55. The lowest BCUT2D eigenvalue weighted by molar-refractivity contribution is 0.314. The van der Waals surface area contributed by atoms with Crippen molar-refractivity contribution in [2.45, 2.75) is 77.6 Å². The summed E-state index contributed by atoms with van der Waals surface area (Å²) in [6, 6.07) is 11.3. The molecule has 0 saturated heterocycles. The van der Waals surface area contributed by atoms with Crippen LogP contribution in [0.5, 0.6) is 5.75 Å². The lowest BCUT2D eigenvalue weighted by atomic mass is 9.83. The van der Waals surface area contributed by atoms with Gasteiger partial charge in [-0.15, -0.1) is 0 Å². The molecule has 3 heteroatoms. The molecule has 31 heavy (non-hydrogen) atoms. The summed E-state index contributed by atoms with van der Waals surface area (Å²) in [6.45, 7) is 4.35. The Labute approximate surface area is 186 Å². The van der Waals surface area contributed by atoms with Crippen LogP contribution < -0.4 is 4.74 Å². The molecular weight excluding hydrogens is 390 g/mol. The Morgan fingerprint density at radius 3 is 2.32 bits per heavy atom. The van der Waals surface area contributed by atoms with E-state index in [9.17, 15) is 8.78 Å². The number of ether oxygens (including phenoxy) is 1. The minimum atomic E-state index is -0.905. The molecule has 2 saturated carbocycles. The van der Waals surface area contributed by atoms with Gasteiger partial charge in [-0.25, -0.2) is 4.39 Å². The quantitative estimate of drug-likeness (QED) is 0.365. The third-order valence-electron chi connectivity index (χ3n) is 7.78. The van der Waals surface area contributed by atoms with Gasteiger partial charge in [-0.3, -0.25) is 0 Å². The molecule has 2 aromatic carbocycles. The molecule has 0 heterocycles. The number of halogens is 2. The molecule has 0 aliphatic heterocycles. The molecule has 0 radical (unpaired) electrons. The Morgan fingerprint density at radius 2 is 1.58 bits per heavy atom. The van der Waals surface area contributed by atoms with Crippen LogP contribution in [0.1, 0.15) is 83.1 Å². The van der Waals surface area contributed by atoms with Crippen LogP contribution in [0.2, 0.25) is 0 Å². The van der Waals surface area contributed by atoms with Gasteiger partial charge in [0.25, 0.3) is 0 Å². The monoisotopic (exact) mass is 426 g/mol. The van der Waals surface area contributed by atoms with Crippen LogP contribution in [0.25, 0.3) is 11.1 Å². The highest BCUT2D eigenvalue weighted by atomic mass is 19.2. The Hall–Kier alpha value is -1.90. The fraction of sp³-hybridized carbons (Fsp3) is 0.571. The molecule has 2 aliphatic rings. The first-order valence-corrected chi connectivity index (χ1v) is 12.3. The van der Waals surface area contributed by atoms with Crippen LogP contribution >= 0.6 is 0 Å². The number of rotatable bonds is 9. The third-order valence-corrected chi connectivity index (χ3v) is 7.78. The number of fused-ring (bicyclic) bond motifs is 1. The van der Waals surface area contributed by atoms with E-state index in [1.165, 1.54) is 69.4 Å². The fourth-order valence-electron chi connectivity index (χ4n) is 6.26. The Balaban J connectivity index is 1.43. The van der Waals surface area contributed by atoms with Crippen molar-refractivity contribution >= 4 is 0 Å². The first-order chi connectivity index (χ1) is 15.1. The van der Waals surface area contributed by atoms with Crippen LogP contribution in [-0.4, -0.2) is 6.61 Å². The van der Waals surface area contributed by atoms with E-state index < -0.39 is 11.6 Å². The first kappa shape index (κ1) is 22.3. The average molecular weight is 427 g/mol. The summed E-state index contributed by atoms with van der Waals surface area (Å²) < 4.78 is 34.0. The molecule has 2 fully saturated rings. The maximum Gasteiger partial charge on any atom is 0.201 e. The third kappa shape index (κ3) is 4.66. The van der Waals surface area contributed by atoms with E-state index in [1.54, 1.807) is 13.0 Å². The number of hydrogen-bond donors (Lipinski definition) is 0. The van der Waals surface area contributed by atoms with E-state index in [4.69, 9.17) is 4.74 Å². The second-order valence-corrected chi connectivity index (χ2v) is 9.49. The van der Waals surface area contributed by atoms with Gasteiger partial charge in [0, 0.05) is 5.56 Å². The average Bonchev–Trinajstić information content (AvgIpc) is 3.38. The first-order valence-electron chi connectivity index (χ1n) is 12.3. The molecule has 4 atom stereocenters. The minimum Gasteiger partial charge on any atom is -0.491 e. The van der Waals surface area contributed by atoms with Gasteiger partial charge in [0.05, 0.1) is 6.61 Å². The van der Waals surface area contributed by atoms with E-state index in [2.05, 4.69) is 19.1 Å². The number of benzene rings is 2.